The predicted molar refractivity (Wildman–Crippen MR) is 553 cm³/mol. The predicted octanol–water partition coefficient (Wildman–Crippen LogP) is 21.6. The summed E-state index contributed by atoms with van der Waals surface area (Å²) in [5.74, 6) is 2.08. The first-order valence-corrected chi connectivity index (χ1v) is 48.0. The van der Waals surface area contributed by atoms with E-state index in [9.17, 15) is 58.7 Å². The van der Waals surface area contributed by atoms with Crippen molar-refractivity contribution >= 4 is 137 Å². The van der Waals surface area contributed by atoms with Crippen molar-refractivity contribution in [3.8, 4) is 46.0 Å². The number of nitrogens with zero attached hydrogens (tertiary/aromatic N) is 12. The average Bonchev–Trinajstić information content (AvgIpc) is 0.855. The SMILES string of the molecule is O=C(Nc1ccc(Oc2ccc3ncc(CN4CCNCC4)nc3c2)cc1)Nc1ccc(C(F)(F)F)cc1.O=C(Nc1ccc(Oc2ccc3ncc(CN4CCNCC4)nc3c2)cc1)Nc1ccc(Cl)c(C(F)(F)F)c1.O=C(Nc1ccc(Oc2ccc3ncc(CN4CCNCC4)nc3c2)cc1)Nc1ccc(Cl)c(F)c1.O=C(Nc1ccc(Oc2ccc3ncc(CN4CCNCC4)nc3c2)cc1)Nc1ccc(F)c(F)c1. The number of ether oxygens (including phenoxy) is 4. The van der Waals surface area contributed by atoms with E-state index in [1.165, 1.54) is 36.4 Å². The third-order valence-electron chi connectivity index (χ3n) is 23.4. The lowest BCUT2D eigenvalue weighted by atomic mass is 10.2. The molecule has 0 atom stereocenters. The van der Waals surface area contributed by atoms with Crippen LogP contribution in [0.25, 0.3) is 44.1 Å². The number of benzene rings is 12. The van der Waals surface area contributed by atoms with Crippen LogP contribution in [-0.2, 0) is 38.5 Å². The number of piperazine rings is 4. The van der Waals surface area contributed by atoms with Crippen molar-refractivity contribution in [3.63, 3.8) is 0 Å². The summed E-state index contributed by atoms with van der Waals surface area (Å²) in [4.78, 5) is 95.4. The summed E-state index contributed by atoms with van der Waals surface area (Å²) < 4.78 is 141. The van der Waals surface area contributed by atoms with Crippen molar-refractivity contribution < 1.29 is 77.6 Å². The summed E-state index contributed by atoms with van der Waals surface area (Å²) >= 11 is 11.3. The second kappa shape index (κ2) is 49.4. The quantitative estimate of drug-likeness (QED) is 0.0250. The zero-order valence-electron chi connectivity index (χ0n) is 79.4. The highest BCUT2D eigenvalue weighted by Gasteiger charge is 2.34. The molecule has 4 saturated heterocycles. The van der Waals surface area contributed by atoms with Gasteiger partial charge in [0.2, 0.25) is 0 Å². The van der Waals surface area contributed by atoms with E-state index < -0.39 is 70.1 Å². The van der Waals surface area contributed by atoms with Crippen LogP contribution in [0.4, 0.5) is 104 Å². The summed E-state index contributed by atoms with van der Waals surface area (Å²) in [7, 11) is 0. The van der Waals surface area contributed by atoms with Gasteiger partial charge in [-0.2, -0.15) is 26.3 Å². The van der Waals surface area contributed by atoms with Crippen LogP contribution >= 0.6 is 23.2 Å². The maximum absolute atomic E-state index is 13.6. The monoisotopic (exact) mass is 2070 g/mol. The van der Waals surface area contributed by atoms with E-state index in [-0.39, 0.29) is 22.1 Å². The lowest BCUT2D eigenvalue weighted by molar-refractivity contribution is -0.138. The molecule has 0 unspecified atom stereocenters. The number of hydrogen-bond donors (Lipinski definition) is 12. The number of halogens is 11. The molecule has 32 nitrogen and oxygen atoms in total. The highest BCUT2D eigenvalue weighted by Crippen LogP contribution is 2.39. The van der Waals surface area contributed by atoms with Gasteiger partial charge in [-0.3, -0.25) is 39.5 Å². The first-order chi connectivity index (χ1) is 72.1. The van der Waals surface area contributed by atoms with Crippen LogP contribution < -0.4 is 82.7 Å². The van der Waals surface area contributed by atoms with Crippen molar-refractivity contribution in [2.75, 3.05) is 147 Å². The smallest absolute Gasteiger partial charge is 0.417 e. The number of aromatic nitrogens is 8. The van der Waals surface area contributed by atoms with Crippen LogP contribution in [0.15, 0.2) is 274 Å². The minimum absolute atomic E-state index is 0.00864. The van der Waals surface area contributed by atoms with Crippen LogP contribution in [0, 0.1) is 17.5 Å². The van der Waals surface area contributed by atoms with Gasteiger partial charge in [0.15, 0.2) is 11.6 Å². The van der Waals surface area contributed by atoms with Crippen molar-refractivity contribution in [3.05, 3.63) is 335 Å². The summed E-state index contributed by atoms with van der Waals surface area (Å²) in [5.41, 5.74) is 10.6. The van der Waals surface area contributed by atoms with E-state index in [4.69, 9.17) is 62.1 Å². The third kappa shape index (κ3) is 30.8. The van der Waals surface area contributed by atoms with E-state index in [2.05, 4.69) is 103 Å². The van der Waals surface area contributed by atoms with Crippen LogP contribution in [0.3, 0.4) is 0 Å². The Morgan fingerprint density at radius 2 is 0.510 bits per heavy atom. The fourth-order valence-corrected chi connectivity index (χ4v) is 16.3. The number of fused-ring (bicyclic) bond motifs is 4. The summed E-state index contributed by atoms with van der Waals surface area (Å²) in [6.07, 6.45) is -1.81. The molecular formula is C106H97Cl2F9N24O8. The standard InChI is InChI=1S/C27H24ClF3N6O2.C27H25F3N6O2.C26H24ClFN6O2.C26H24F2N6O2/c28-23-7-3-18(13-22(23)27(29,30)31)36-26(38)35-17-1-4-20(5-2-17)39-21-6-8-24-25(14-21)34-19(15-33-24)16-37-11-9-32-10-12-37;28-27(29,30)18-1-3-19(4-2-18)34-26(37)35-20-5-7-22(8-6-20)38-23-9-10-24-25(15-23)33-21(16-32-24)17-36-13-11-31-12-14-36;2*27-22-7-3-18(13-23(22)28)33-26(35)32-17-1-4-20(5-2-17)36-21-6-8-24-25(14-21)31-19(15-30-24)16-34-11-9-29-10-12-34/h1-8,13-15,32H,9-12,16H2,(H2,35,36,38);1-10,15-16,31H,11-14,17H2,(H2,34,35,37);2*1-8,13-15,29H,9-12,16H2,(H2,32,33,35). The highest BCUT2D eigenvalue weighted by molar-refractivity contribution is 6.31. The molecule has 8 amide bonds. The number of urea groups is 4. The van der Waals surface area contributed by atoms with E-state index in [0.29, 0.717) is 74.4 Å². The molecule has 0 aliphatic carbocycles. The topological polar surface area (TPSA) is 366 Å². The van der Waals surface area contributed by atoms with Gasteiger partial charge >= 0.3 is 36.5 Å². The average molecular weight is 2080 g/mol. The zero-order valence-corrected chi connectivity index (χ0v) is 80.9. The maximum Gasteiger partial charge on any atom is 0.417 e. The Labute approximate surface area is 857 Å². The molecule has 0 radical (unpaired) electrons. The Balaban J connectivity index is 0.000000135. The molecule has 12 aromatic carbocycles. The van der Waals surface area contributed by atoms with Gasteiger partial charge in [-0.25, -0.2) is 52.3 Å². The Morgan fingerprint density at radius 3 is 0.779 bits per heavy atom. The maximum atomic E-state index is 13.6. The van der Waals surface area contributed by atoms with Crippen LogP contribution in [0.1, 0.15) is 33.9 Å². The number of nitrogens with one attached hydrogen (secondary N) is 12. The molecule has 4 aromatic heterocycles. The largest absolute Gasteiger partial charge is 0.457 e. The molecule has 0 saturated carbocycles. The van der Waals surface area contributed by atoms with Gasteiger partial charge in [0.05, 0.1) is 113 Å². The molecule has 20 rings (SSSR count). The lowest BCUT2D eigenvalue weighted by Crippen LogP contribution is -2.43. The lowest BCUT2D eigenvalue weighted by Gasteiger charge is -2.26. The number of hydrogen-bond acceptors (Lipinski definition) is 24. The first kappa shape index (κ1) is 104. The van der Waals surface area contributed by atoms with Gasteiger partial charge in [0, 0.05) is 207 Å². The summed E-state index contributed by atoms with van der Waals surface area (Å²) in [6, 6.07) is 61.2. The molecule has 16 aromatic rings. The van der Waals surface area contributed by atoms with Crippen LogP contribution in [0.5, 0.6) is 46.0 Å². The summed E-state index contributed by atoms with van der Waals surface area (Å²) in [6.45, 7) is 18.7. The van der Waals surface area contributed by atoms with E-state index in [1.807, 2.05) is 85.3 Å². The van der Waals surface area contributed by atoms with Gasteiger partial charge in [-0.15, -0.1) is 0 Å². The second-order valence-electron chi connectivity index (χ2n) is 34.5. The van der Waals surface area contributed by atoms with Crippen molar-refractivity contribution in [2.45, 2.75) is 38.5 Å². The van der Waals surface area contributed by atoms with Crippen LogP contribution in [-0.4, -0.2) is 188 Å². The molecule has 12 N–H and O–H groups in total. The fourth-order valence-electron chi connectivity index (χ4n) is 15.9. The molecule has 0 spiro atoms. The van der Waals surface area contributed by atoms with E-state index in [1.54, 1.807) is 109 Å². The van der Waals surface area contributed by atoms with Crippen molar-refractivity contribution in [2.24, 2.45) is 0 Å². The molecule has 766 valence electrons. The molecule has 4 aliphatic heterocycles. The zero-order chi connectivity index (χ0) is 104. The molecule has 43 heteroatoms. The van der Waals surface area contributed by atoms with Crippen LogP contribution in [0.2, 0.25) is 10.0 Å². The Kier molecular flexibility index (Phi) is 34.6. The number of rotatable bonds is 24. The Hall–Kier alpha value is -16.1. The number of carbonyl (C=O) groups is 4. The van der Waals surface area contributed by atoms with Crippen molar-refractivity contribution in [1.82, 2.24) is 80.7 Å². The molecule has 149 heavy (non-hydrogen) atoms. The fraction of sp³-hybridized carbons (Fsp3) is 0.208. The number of alkyl halides is 6. The highest BCUT2D eigenvalue weighted by atomic mass is 35.5. The normalized spacial score (nSPS) is 14.1. The van der Waals surface area contributed by atoms with Gasteiger partial charge < -0.3 is 82.7 Å². The van der Waals surface area contributed by atoms with E-state index >= 15 is 0 Å². The van der Waals surface area contributed by atoms with Gasteiger partial charge in [0.1, 0.15) is 51.8 Å². The van der Waals surface area contributed by atoms with Gasteiger partial charge in [-0.1, -0.05) is 23.2 Å². The number of carbonyl (C=O) groups excluding carboxylic acids is 4. The van der Waals surface area contributed by atoms with Crippen molar-refractivity contribution in [1.29, 1.82) is 0 Å². The molecule has 4 fully saturated rings. The van der Waals surface area contributed by atoms with E-state index in [0.717, 1.165) is 240 Å². The minimum atomic E-state index is -4.63. The molecule has 0 bridgehead atoms. The van der Waals surface area contributed by atoms with Gasteiger partial charge in [0.25, 0.3) is 0 Å². The first-order valence-electron chi connectivity index (χ1n) is 47.2. The summed E-state index contributed by atoms with van der Waals surface area (Å²) in [5, 5.41) is 33.3. The Bertz CT molecular complexity index is 7160. The molecule has 4 aliphatic rings. The molecular weight excluding hydrogens is 1980 g/mol. The second-order valence-corrected chi connectivity index (χ2v) is 35.3. The third-order valence-corrected chi connectivity index (χ3v) is 24.0. The number of amides is 8. The minimum Gasteiger partial charge on any atom is -0.457 e. The number of anilines is 8. The molecule has 8 heterocycles. The Morgan fingerprint density at radius 1 is 0.268 bits per heavy atom. The van der Waals surface area contributed by atoms with Gasteiger partial charge in [-0.05, 0) is 218 Å².